The molecule has 5 heterocycles. The molecule has 1 fully saturated rings. The Balaban J connectivity index is 0.650. The van der Waals surface area contributed by atoms with Crippen molar-refractivity contribution in [3.63, 3.8) is 0 Å². The van der Waals surface area contributed by atoms with Gasteiger partial charge in [-0.25, -0.2) is 14.1 Å². The number of rotatable bonds is 26. The Morgan fingerprint density at radius 2 is 1.67 bits per heavy atom. The van der Waals surface area contributed by atoms with Crippen molar-refractivity contribution in [2.45, 2.75) is 104 Å². The Bertz CT molecular complexity index is 2920. The number of amides is 4. The highest BCUT2D eigenvalue weighted by atomic mass is 32.1. The Hall–Kier alpha value is -6.42. The second kappa shape index (κ2) is 26.1. The van der Waals surface area contributed by atoms with Crippen molar-refractivity contribution in [3.05, 3.63) is 112 Å². The first-order valence-corrected chi connectivity index (χ1v) is 27.1. The predicted octanol–water partition coefficient (Wildman–Crippen LogP) is 5.99. The highest BCUT2D eigenvalue weighted by molar-refractivity contribution is 7.13. The maximum atomic E-state index is 14.3. The molecule has 0 spiro atoms. The lowest BCUT2D eigenvalue weighted by atomic mass is 9.85. The number of unbranched alkanes of at least 4 members (excludes halogenated alkanes) is 1. The Labute approximate surface area is 447 Å². The molecule has 0 unspecified atom stereocenters. The van der Waals surface area contributed by atoms with Crippen LogP contribution in [0.25, 0.3) is 32.6 Å². The number of nitrogens with zero attached hydrogens (tertiary/aromatic N) is 6. The first kappa shape index (κ1) is 55.8. The topological polar surface area (TPSA) is 218 Å². The Morgan fingerprint density at radius 3 is 2.39 bits per heavy atom. The quantitative estimate of drug-likeness (QED) is 0.0396. The first-order valence-electron chi connectivity index (χ1n) is 26.2. The smallest absolute Gasteiger partial charge is 0.252 e. The summed E-state index contributed by atoms with van der Waals surface area (Å²) in [5.41, 5.74) is 10.2. The fourth-order valence-electron chi connectivity index (χ4n) is 9.73. The zero-order chi connectivity index (χ0) is 53.8. The number of aryl methyl sites for hydroxylation is 2. The number of benzene rings is 3. The fraction of sp³-hybridized carbons (Fsp3) is 0.482. The van der Waals surface area contributed by atoms with Crippen molar-refractivity contribution in [1.82, 2.24) is 50.7 Å². The van der Waals surface area contributed by atoms with E-state index >= 15 is 0 Å². The van der Waals surface area contributed by atoms with E-state index in [0.717, 1.165) is 82.0 Å². The molecule has 3 aromatic carbocycles. The number of hydrogen-bond donors (Lipinski definition) is 5. The summed E-state index contributed by atoms with van der Waals surface area (Å²) in [6.45, 7) is 12.6. The number of ether oxygens (including phenoxy) is 3. The van der Waals surface area contributed by atoms with Crippen LogP contribution < -0.4 is 16.0 Å². The highest BCUT2D eigenvalue weighted by Crippen LogP contribution is 2.35. The zero-order valence-electron chi connectivity index (χ0n) is 44.2. The number of aromatic amines is 1. The molecule has 8 rings (SSSR count). The second-order valence-electron chi connectivity index (χ2n) is 20.8. The van der Waals surface area contributed by atoms with Gasteiger partial charge in [0.1, 0.15) is 17.9 Å². The van der Waals surface area contributed by atoms with E-state index in [-0.39, 0.29) is 56.9 Å². The summed E-state index contributed by atoms with van der Waals surface area (Å²) in [5, 5.41) is 28.6. The van der Waals surface area contributed by atoms with Crippen LogP contribution in [0, 0.1) is 18.2 Å². The van der Waals surface area contributed by atoms with E-state index in [2.05, 4.69) is 72.4 Å². The lowest BCUT2D eigenvalue weighted by Gasteiger charge is -2.35. The number of carbonyl (C=O) groups excluding carboxylic acids is 4. The van der Waals surface area contributed by atoms with Crippen LogP contribution in [0.15, 0.2) is 72.4 Å². The number of likely N-dealkylation sites (tertiary alicyclic amines) is 1. The highest BCUT2D eigenvalue weighted by Gasteiger charge is 2.44. The summed E-state index contributed by atoms with van der Waals surface area (Å²) in [4.78, 5) is 65.5. The van der Waals surface area contributed by atoms with Crippen molar-refractivity contribution in [2.24, 2.45) is 5.41 Å². The van der Waals surface area contributed by atoms with Crippen molar-refractivity contribution in [2.75, 3.05) is 66.3 Å². The summed E-state index contributed by atoms with van der Waals surface area (Å²) < 4.78 is 33.1. The normalized spacial score (nSPS) is 16.1. The number of nitrogens with one attached hydrogen (secondary N) is 4. The van der Waals surface area contributed by atoms with E-state index in [0.29, 0.717) is 57.0 Å². The Kier molecular flexibility index (Phi) is 19.2. The van der Waals surface area contributed by atoms with Crippen molar-refractivity contribution in [1.29, 1.82) is 0 Å². The molecule has 0 aliphatic carbocycles. The molecule has 2 aliphatic heterocycles. The number of H-pyrrole nitrogens is 1. The molecule has 3 aromatic heterocycles. The molecule has 1 saturated heterocycles. The minimum Gasteiger partial charge on any atom is -0.391 e. The van der Waals surface area contributed by atoms with Gasteiger partial charge in [0.05, 0.1) is 79.6 Å². The molecule has 3 atom stereocenters. The van der Waals surface area contributed by atoms with Gasteiger partial charge in [-0.3, -0.25) is 19.2 Å². The van der Waals surface area contributed by atoms with Gasteiger partial charge in [-0.05, 0) is 91.6 Å². The summed E-state index contributed by atoms with van der Waals surface area (Å²) in [6.07, 6.45) is 4.73. The van der Waals surface area contributed by atoms with E-state index in [9.17, 15) is 28.7 Å². The number of thiazole rings is 1. The van der Waals surface area contributed by atoms with E-state index in [1.54, 1.807) is 16.0 Å². The van der Waals surface area contributed by atoms with Gasteiger partial charge >= 0.3 is 0 Å². The molecule has 2 aliphatic rings. The number of halogens is 1. The van der Waals surface area contributed by atoms with Crippen LogP contribution in [0.5, 0.6) is 0 Å². The number of hydrogen-bond acceptors (Lipinski definition) is 13. The molecule has 5 N–H and O–H groups in total. The lowest BCUT2D eigenvalue weighted by molar-refractivity contribution is -0.144. The summed E-state index contributed by atoms with van der Waals surface area (Å²) in [7, 11) is 2.12. The van der Waals surface area contributed by atoms with Crippen LogP contribution in [0.2, 0.25) is 0 Å². The van der Waals surface area contributed by atoms with Gasteiger partial charge in [-0.15, -0.1) is 16.4 Å². The average molecular weight is 1060 g/mol. The predicted molar refractivity (Wildman–Crippen MR) is 288 cm³/mol. The van der Waals surface area contributed by atoms with E-state index in [4.69, 9.17) is 14.2 Å². The van der Waals surface area contributed by atoms with Gasteiger partial charge in [0.2, 0.25) is 17.7 Å². The molecule has 76 heavy (non-hydrogen) atoms. The molecule has 18 nitrogen and oxygen atoms in total. The Morgan fingerprint density at radius 1 is 0.961 bits per heavy atom. The maximum absolute atomic E-state index is 14.3. The molecule has 406 valence electrons. The molecule has 0 bridgehead atoms. The number of aliphatic hydroxyl groups excluding tert-OH is 1. The van der Waals surface area contributed by atoms with E-state index < -0.39 is 35.3 Å². The largest absolute Gasteiger partial charge is 0.391 e. The molecule has 20 heteroatoms. The maximum Gasteiger partial charge on any atom is 0.252 e. The standard InChI is InChI=1S/C56H71FN10O8S/c1-36-51(76-35-60-36)40-15-9-37(10-16-40)31-59-54(71)47-30-43(68)34-67(47)55(72)52(56(2,3)4)62-48(69)18-22-73-24-26-75-27-25-74-23-21-66-33-42(63-64-66)8-6-7-20-65(5)32-38-11-13-39(14-12-38)50-44-17-19-58-53(70)45-28-41(57)29-46(61-50)49(44)45/h9-16,28-29,33,35,43,47,52,61,68H,6-8,17-27,30-32,34H2,1-5H3,(H,58,70)(H,59,71)(H,62,69)/t43-,47+,52-/m1/s1. The second-order valence-corrected chi connectivity index (χ2v) is 21.6. The first-order chi connectivity index (χ1) is 36.6. The van der Waals surface area contributed by atoms with Crippen molar-refractivity contribution in [3.8, 4) is 21.7 Å². The third kappa shape index (κ3) is 14.7. The lowest BCUT2D eigenvalue weighted by Crippen LogP contribution is -2.57. The van der Waals surface area contributed by atoms with E-state index in [1.165, 1.54) is 22.6 Å². The monoisotopic (exact) mass is 1060 g/mol. The van der Waals surface area contributed by atoms with Gasteiger partial charge in [-0.1, -0.05) is 74.5 Å². The van der Waals surface area contributed by atoms with Crippen LogP contribution >= 0.6 is 11.3 Å². The van der Waals surface area contributed by atoms with Crippen LogP contribution in [-0.4, -0.2) is 148 Å². The SMILES string of the molecule is Cc1ncsc1-c1ccc(CNC(=O)[C@@H]2C[C@@H](O)CN2C(=O)[C@@H](NC(=O)CCOCCOCCOCCn2cc(CCCCN(C)Cc3ccc(-c4[nH]c5cc(F)cc6c5c4CCNC6=O)cc3)nn2)C(C)(C)C)cc1. The number of carbonyl (C=O) groups is 4. The van der Waals surface area contributed by atoms with Crippen LogP contribution in [0.3, 0.4) is 0 Å². The fourth-order valence-corrected chi connectivity index (χ4v) is 10.5. The van der Waals surface area contributed by atoms with Gasteiger partial charge in [0.25, 0.3) is 5.91 Å². The molecular weight excluding hydrogens is 992 g/mol. The van der Waals surface area contributed by atoms with Crippen molar-refractivity contribution < 1.29 is 42.9 Å². The number of aromatic nitrogens is 5. The van der Waals surface area contributed by atoms with Gasteiger partial charge in [0, 0.05) is 61.8 Å². The minimum absolute atomic E-state index is 0.00439. The van der Waals surface area contributed by atoms with Gasteiger partial charge in [-0.2, -0.15) is 0 Å². The third-order valence-electron chi connectivity index (χ3n) is 13.8. The minimum atomic E-state index is -0.928. The zero-order valence-corrected chi connectivity index (χ0v) is 45.0. The number of aliphatic hydroxyl groups is 1. The van der Waals surface area contributed by atoms with E-state index in [1.807, 2.05) is 63.7 Å². The molecule has 0 saturated carbocycles. The van der Waals surface area contributed by atoms with Crippen molar-refractivity contribution >= 4 is 45.9 Å². The molecule has 4 amide bonds. The third-order valence-corrected chi connectivity index (χ3v) is 14.7. The molecule has 6 aromatic rings. The van der Waals surface area contributed by atoms with Crippen LogP contribution in [-0.2, 0) is 61.1 Å². The summed E-state index contributed by atoms with van der Waals surface area (Å²) >= 11 is 1.57. The van der Waals surface area contributed by atoms with Gasteiger partial charge < -0.3 is 50.1 Å². The van der Waals surface area contributed by atoms with Crippen LogP contribution in [0.4, 0.5) is 4.39 Å². The average Bonchev–Trinajstić information content (AvgIpc) is 4.21. The summed E-state index contributed by atoms with van der Waals surface area (Å²) in [6, 6.07) is 17.3. The number of β-amino-alcohol motifs (C(OH)–C–C–N with tert-alkyl or cyclic N) is 1. The molecule has 0 radical (unpaired) electrons. The molecular formula is C56H71FN10O8S. The van der Waals surface area contributed by atoms with Gasteiger partial charge in [0.15, 0.2) is 0 Å². The summed E-state index contributed by atoms with van der Waals surface area (Å²) in [5.74, 6) is -1.82. The van der Waals surface area contributed by atoms with Crippen LogP contribution in [0.1, 0.15) is 84.9 Å².